The van der Waals surface area contributed by atoms with Crippen LogP contribution in [0.3, 0.4) is 0 Å². The fourth-order valence-electron chi connectivity index (χ4n) is 1.57. The van der Waals surface area contributed by atoms with Gasteiger partial charge in [-0.3, -0.25) is 5.84 Å². The number of hydrogen-bond donors (Lipinski definition) is 2. The number of halogens is 3. The van der Waals surface area contributed by atoms with Crippen LogP contribution in [0, 0.1) is 12.7 Å². The number of rotatable bonds is 3. The number of nitrogens with zero attached hydrogens (tertiary/aromatic N) is 2. The normalized spacial score (nSPS) is 12.7. The van der Waals surface area contributed by atoms with Crippen LogP contribution >= 0.6 is 39.1 Å². The van der Waals surface area contributed by atoms with Gasteiger partial charge in [-0.05, 0) is 40.5 Å². The zero-order valence-corrected chi connectivity index (χ0v) is 12.4. The van der Waals surface area contributed by atoms with Gasteiger partial charge in [-0.1, -0.05) is 22.2 Å². The summed E-state index contributed by atoms with van der Waals surface area (Å²) in [6, 6.07) is 2.78. The van der Waals surface area contributed by atoms with Gasteiger partial charge in [-0.2, -0.15) is 0 Å². The molecule has 0 aliphatic carbocycles. The summed E-state index contributed by atoms with van der Waals surface area (Å²) in [6.45, 7) is 1.79. The minimum atomic E-state index is -0.518. The van der Waals surface area contributed by atoms with E-state index < -0.39 is 11.9 Å². The van der Waals surface area contributed by atoms with Gasteiger partial charge in [0.15, 0.2) is 0 Å². The molecule has 0 aliphatic rings. The number of aryl methyl sites for hydroxylation is 1. The summed E-state index contributed by atoms with van der Waals surface area (Å²) in [6.07, 6.45) is 0. The highest BCUT2D eigenvalue weighted by Crippen LogP contribution is 2.34. The van der Waals surface area contributed by atoms with Crippen LogP contribution in [-0.4, -0.2) is 9.59 Å². The van der Waals surface area contributed by atoms with E-state index in [1.54, 1.807) is 19.1 Å². The second-order valence-corrected chi connectivity index (χ2v) is 5.60. The summed E-state index contributed by atoms with van der Waals surface area (Å²) in [4.78, 5) is 0.759. The van der Waals surface area contributed by atoms with E-state index in [1.807, 2.05) is 0 Å². The number of nitrogens with two attached hydrogens (primary N) is 1. The summed E-state index contributed by atoms with van der Waals surface area (Å²) < 4.78 is 18.4. The maximum atomic E-state index is 14.1. The van der Waals surface area contributed by atoms with Crippen molar-refractivity contribution in [1.82, 2.24) is 15.0 Å². The van der Waals surface area contributed by atoms with Crippen molar-refractivity contribution in [1.29, 1.82) is 0 Å². The second kappa shape index (κ2) is 5.58. The summed E-state index contributed by atoms with van der Waals surface area (Å²) in [5, 5.41) is 3.92. The third-order valence-corrected chi connectivity index (χ3v) is 4.64. The van der Waals surface area contributed by atoms with E-state index >= 15 is 0 Å². The number of nitrogens with one attached hydrogen (secondary N) is 1. The molecule has 0 aliphatic heterocycles. The molecule has 0 fully saturated rings. The van der Waals surface area contributed by atoms with Crippen LogP contribution in [0.4, 0.5) is 4.39 Å². The molecule has 1 heterocycles. The molecule has 1 unspecified atom stereocenters. The average Bonchev–Trinajstić information content (AvgIpc) is 2.77. The Labute approximate surface area is 121 Å². The van der Waals surface area contributed by atoms with Crippen molar-refractivity contribution in [3.8, 4) is 0 Å². The maximum Gasteiger partial charge on any atom is 0.148 e. The van der Waals surface area contributed by atoms with Gasteiger partial charge in [0.1, 0.15) is 5.82 Å². The molecule has 4 nitrogen and oxygen atoms in total. The van der Waals surface area contributed by atoms with Gasteiger partial charge in [-0.25, -0.2) is 9.82 Å². The first kappa shape index (κ1) is 13.8. The highest BCUT2D eigenvalue weighted by molar-refractivity contribution is 9.10. The predicted molar refractivity (Wildman–Crippen MR) is 72.9 cm³/mol. The predicted octanol–water partition coefficient (Wildman–Crippen LogP) is 2.95. The van der Waals surface area contributed by atoms with Crippen LogP contribution in [0.25, 0.3) is 0 Å². The molecule has 8 heteroatoms. The fraction of sp³-hybridized carbons (Fsp3) is 0.200. The molecular weight excluding hydrogens is 343 g/mol. The van der Waals surface area contributed by atoms with Crippen molar-refractivity contribution in [3.63, 3.8) is 0 Å². The van der Waals surface area contributed by atoms with E-state index in [1.165, 1.54) is 11.5 Å². The molecule has 0 radical (unpaired) electrons. The SMILES string of the molecule is Cc1nnsc1C(NN)c1ccc(Br)c(Cl)c1F. The van der Waals surface area contributed by atoms with Gasteiger partial charge in [0.05, 0.1) is 21.6 Å². The molecule has 0 saturated heterocycles. The van der Waals surface area contributed by atoms with Crippen molar-refractivity contribution in [2.75, 3.05) is 0 Å². The van der Waals surface area contributed by atoms with E-state index in [9.17, 15) is 4.39 Å². The second-order valence-electron chi connectivity index (χ2n) is 3.59. The summed E-state index contributed by atoms with van der Waals surface area (Å²) in [7, 11) is 0. The van der Waals surface area contributed by atoms with Crippen molar-refractivity contribution >= 4 is 39.1 Å². The first-order valence-electron chi connectivity index (χ1n) is 4.94. The maximum absolute atomic E-state index is 14.1. The van der Waals surface area contributed by atoms with Crippen LogP contribution in [0.2, 0.25) is 5.02 Å². The lowest BCUT2D eigenvalue weighted by atomic mass is 10.0. The summed E-state index contributed by atoms with van der Waals surface area (Å²) in [5.41, 5.74) is 3.64. The Balaban J connectivity index is 2.53. The Morgan fingerprint density at radius 1 is 1.56 bits per heavy atom. The lowest BCUT2D eigenvalue weighted by molar-refractivity contribution is 0.562. The molecule has 0 amide bonds. The van der Waals surface area contributed by atoms with E-state index in [-0.39, 0.29) is 5.02 Å². The lowest BCUT2D eigenvalue weighted by Gasteiger charge is -2.16. The van der Waals surface area contributed by atoms with Gasteiger partial charge in [0, 0.05) is 10.0 Å². The molecular formula is C10H9BrClFN4S. The average molecular weight is 352 g/mol. The minimum Gasteiger partial charge on any atom is -0.271 e. The molecule has 0 spiro atoms. The van der Waals surface area contributed by atoms with E-state index in [0.717, 1.165) is 4.88 Å². The highest BCUT2D eigenvalue weighted by atomic mass is 79.9. The topological polar surface area (TPSA) is 63.8 Å². The van der Waals surface area contributed by atoms with Crippen LogP contribution in [0.5, 0.6) is 0 Å². The Morgan fingerprint density at radius 2 is 2.28 bits per heavy atom. The van der Waals surface area contributed by atoms with Crippen molar-refractivity contribution in [2.24, 2.45) is 5.84 Å². The smallest absolute Gasteiger partial charge is 0.148 e. The lowest BCUT2D eigenvalue weighted by Crippen LogP contribution is -2.29. The number of hydrazine groups is 1. The third-order valence-electron chi connectivity index (χ3n) is 2.49. The summed E-state index contributed by atoms with van der Waals surface area (Å²) in [5.74, 6) is 4.99. The van der Waals surface area contributed by atoms with Crippen molar-refractivity contribution in [2.45, 2.75) is 13.0 Å². The Kier molecular flexibility index (Phi) is 4.29. The molecule has 18 heavy (non-hydrogen) atoms. The minimum absolute atomic E-state index is 0.0304. The van der Waals surface area contributed by atoms with Crippen molar-refractivity contribution < 1.29 is 4.39 Å². The zero-order chi connectivity index (χ0) is 13.3. The summed E-state index contributed by atoms with van der Waals surface area (Å²) >= 11 is 10.2. The number of aromatic nitrogens is 2. The molecule has 1 aromatic heterocycles. The monoisotopic (exact) mass is 350 g/mol. The fourth-order valence-corrected chi connectivity index (χ4v) is 2.78. The standard InChI is InChI=1S/C10H9BrClFN4S/c1-4-10(18-17-16-4)9(15-14)5-2-3-6(11)7(12)8(5)13/h2-3,9,15H,14H2,1H3. The van der Waals surface area contributed by atoms with Crippen LogP contribution in [-0.2, 0) is 0 Å². The Hall–Kier alpha value is -0.600. The molecule has 3 N–H and O–H groups in total. The molecule has 1 aromatic carbocycles. The van der Waals surface area contributed by atoms with Crippen LogP contribution in [0.1, 0.15) is 22.2 Å². The van der Waals surface area contributed by atoms with E-state index in [2.05, 4.69) is 30.9 Å². The first-order chi connectivity index (χ1) is 8.56. The molecule has 96 valence electrons. The quantitative estimate of drug-likeness (QED) is 0.507. The Bertz CT molecular complexity index is 577. The number of hydrogen-bond acceptors (Lipinski definition) is 5. The van der Waals surface area contributed by atoms with Crippen LogP contribution in [0.15, 0.2) is 16.6 Å². The van der Waals surface area contributed by atoms with E-state index in [4.69, 9.17) is 17.4 Å². The van der Waals surface area contributed by atoms with Gasteiger partial charge >= 0.3 is 0 Å². The largest absolute Gasteiger partial charge is 0.271 e. The third kappa shape index (κ3) is 2.41. The molecule has 0 saturated carbocycles. The van der Waals surface area contributed by atoms with Crippen LogP contribution < -0.4 is 11.3 Å². The van der Waals surface area contributed by atoms with Crippen molar-refractivity contribution in [3.05, 3.63) is 43.6 Å². The van der Waals surface area contributed by atoms with E-state index in [0.29, 0.717) is 15.7 Å². The molecule has 1 atom stereocenters. The highest BCUT2D eigenvalue weighted by Gasteiger charge is 2.23. The molecule has 2 rings (SSSR count). The van der Waals surface area contributed by atoms with Gasteiger partial charge in [0.25, 0.3) is 0 Å². The van der Waals surface area contributed by atoms with Gasteiger partial charge in [0.2, 0.25) is 0 Å². The molecule has 0 bridgehead atoms. The first-order valence-corrected chi connectivity index (χ1v) is 6.89. The Morgan fingerprint density at radius 3 is 2.83 bits per heavy atom. The van der Waals surface area contributed by atoms with Gasteiger partial charge < -0.3 is 0 Å². The molecule has 2 aromatic rings. The number of benzene rings is 1. The zero-order valence-electron chi connectivity index (χ0n) is 9.25. The van der Waals surface area contributed by atoms with Gasteiger partial charge in [-0.15, -0.1) is 5.10 Å².